The Labute approximate surface area is 151 Å². The smallest absolute Gasteiger partial charge is 0.407 e. The highest BCUT2D eigenvalue weighted by atomic mass is 19.1. The molecule has 0 aliphatic heterocycles. The second kappa shape index (κ2) is 7.55. The van der Waals surface area contributed by atoms with Crippen molar-refractivity contribution in [1.29, 1.82) is 0 Å². The Morgan fingerprint density at radius 1 is 1.38 bits per heavy atom. The number of carboxylic acid groups (broad SMARTS) is 1. The summed E-state index contributed by atoms with van der Waals surface area (Å²) in [5, 5.41) is 12.1. The lowest BCUT2D eigenvalue weighted by molar-refractivity contribution is 0.157. The Morgan fingerprint density at radius 3 is 2.81 bits per heavy atom. The van der Waals surface area contributed by atoms with Gasteiger partial charge < -0.3 is 21.1 Å². The molecule has 1 aromatic heterocycles. The first kappa shape index (κ1) is 17.9. The number of anilines is 2. The molecule has 0 radical (unpaired) electrons. The number of nitrogens with one attached hydrogen (secondary N) is 1. The number of nitrogens with zero attached hydrogens (tertiary/aromatic N) is 3. The molecule has 0 saturated carbocycles. The number of benzene rings is 1. The molecule has 1 aromatic carbocycles. The molecule has 3 rings (SSSR count). The number of fused-ring (bicyclic) bond motifs is 1. The van der Waals surface area contributed by atoms with Gasteiger partial charge in [0, 0.05) is 25.7 Å². The van der Waals surface area contributed by atoms with Gasteiger partial charge in [-0.2, -0.15) is 4.98 Å². The SMILES string of the molecule is CN(CCNc1nc(N)nc2c1CCC(c1ccc(F)cc1)C2)C(=O)O. The summed E-state index contributed by atoms with van der Waals surface area (Å²) in [7, 11) is 1.51. The first-order valence-electron chi connectivity index (χ1n) is 8.52. The molecule has 0 spiro atoms. The van der Waals surface area contributed by atoms with E-state index < -0.39 is 6.09 Å². The van der Waals surface area contributed by atoms with Gasteiger partial charge in [-0.1, -0.05) is 12.1 Å². The maximum Gasteiger partial charge on any atom is 0.407 e. The number of aromatic nitrogens is 2. The molecule has 1 unspecified atom stereocenters. The molecule has 8 heteroatoms. The van der Waals surface area contributed by atoms with E-state index in [0.717, 1.165) is 36.1 Å². The zero-order valence-electron chi connectivity index (χ0n) is 14.6. The molecule has 7 nitrogen and oxygen atoms in total. The third kappa shape index (κ3) is 4.01. The number of amides is 1. The van der Waals surface area contributed by atoms with Crippen LogP contribution in [0.3, 0.4) is 0 Å². The fourth-order valence-electron chi connectivity index (χ4n) is 3.24. The second-order valence-corrected chi connectivity index (χ2v) is 6.48. The van der Waals surface area contributed by atoms with E-state index in [1.807, 2.05) is 12.1 Å². The minimum absolute atomic E-state index is 0.192. The first-order valence-corrected chi connectivity index (χ1v) is 8.52. The summed E-state index contributed by atoms with van der Waals surface area (Å²) in [5.41, 5.74) is 8.86. The van der Waals surface area contributed by atoms with Crippen molar-refractivity contribution in [2.24, 2.45) is 0 Å². The third-order valence-corrected chi connectivity index (χ3v) is 4.70. The third-order valence-electron chi connectivity index (χ3n) is 4.70. The van der Waals surface area contributed by atoms with Crippen LogP contribution in [-0.2, 0) is 12.8 Å². The monoisotopic (exact) mass is 359 g/mol. The topological polar surface area (TPSA) is 104 Å². The van der Waals surface area contributed by atoms with Gasteiger partial charge in [-0.15, -0.1) is 0 Å². The van der Waals surface area contributed by atoms with Gasteiger partial charge in [0.05, 0.1) is 5.69 Å². The summed E-state index contributed by atoms with van der Waals surface area (Å²) in [5.74, 6) is 0.888. The summed E-state index contributed by atoms with van der Waals surface area (Å²) in [6, 6.07) is 6.59. The van der Waals surface area contributed by atoms with Gasteiger partial charge in [0.15, 0.2) is 0 Å². The van der Waals surface area contributed by atoms with Crippen LogP contribution in [0.2, 0.25) is 0 Å². The van der Waals surface area contributed by atoms with Crippen molar-refractivity contribution in [3.8, 4) is 0 Å². The Morgan fingerprint density at radius 2 is 2.12 bits per heavy atom. The average Bonchev–Trinajstić information content (AvgIpc) is 2.61. The molecular weight excluding hydrogens is 337 g/mol. The summed E-state index contributed by atoms with van der Waals surface area (Å²) in [6.45, 7) is 0.777. The molecule has 1 atom stereocenters. The lowest BCUT2D eigenvalue weighted by atomic mass is 9.82. The largest absolute Gasteiger partial charge is 0.465 e. The highest BCUT2D eigenvalue weighted by Gasteiger charge is 2.24. The molecule has 1 heterocycles. The number of nitrogens with two attached hydrogens (primary N) is 1. The van der Waals surface area contributed by atoms with Crippen LogP contribution < -0.4 is 11.1 Å². The van der Waals surface area contributed by atoms with Gasteiger partial charge in [-0.25, -0.2) is 14.2 Å². The van der Waals surface area contributed by atoms with E-state index in [9.17, 15) is 9.18 Å². The van der Waals surface area contributed by atoms with Crippen LogP contribution in [0, 0.1) is 5.82 Å². The van der Waals surface area contributed by atoms with Crippen molar-refractivity contribution in [1.82, 2.24) is 14.9 Å². The van der Waals surface area contributed by atoms with E-state index in [-0.39, 0.29) is 17.7 Å². The maximum atomic E-state index is 13.1. The van der Waals surface area contributed by atoms with Crippen molar-refractivity contribution in [3.05, 3.63) is 46.9 Å². The van der Waals surface area contributed by atoms with Gasteiger partial charge >= 0.3 is 6.09 Å². The summed E-state index contributed by atoms with van der Waals surface area (Å²) in [6.07, 6.45) is 1.44. The van der Waals surface area contributed by atoms with Crippen molar-refractivity contribution in [2.75, 3.05) is 31.2 Å². The minimum Gasteiger partial charge on any atom is -0.465 e. The molecular formula is C18H22FN5O2. The zero-order valence-corrected chi connectivity index (χ0v) is 14.6. The molecule has 0 fully saturated rings. The van der Waals surface area contributed by atoms with Crippen LogP contribution in [0.1, 0.15) is 29.2 Å². The summed E-state index contributed by atoms with van der Waals surface area (Å²) >= 11 is 0. The molecule has 0 saturated heterocycles. The van der Waals surface area contributed by atoms with Crippen molar-refractivity contribution >= 4 is 17.9 Å². The number of rotatable bonds is 5. The van der Waals surface area contributed by atoms with E-state index in [1.165, 1.54) is 24.1 Å². The maximum absolute atomic E-state index is 13.1. The fourth-order valence-corrected chi connectivity index (χ4v) is 3.24. The number of hydrogen-bond donors (Lipinski definition) is 3. The Hall–Kier alpha value is -2.90. The molecule has 138 valence electrons. The van der Waals surface area contributed by atoms with Crippen LogP contribution in [0.15, 0.2) is 24.3 Å². The van der Waals surface area contributed by atoms with Crippen molar-refractivity contribution < 1.29 is 14.3 Å². The standard InChI is InChI=1S/C18H22FN5O2/c1-24(18(25)26)9-8-21-16-14-7-4-12(10-15(14)22-17(20)23-16)11-2-5-13(19)6-3-11/h2-3,5-6,12H,4,7-10H2,1H3,(H,25,26)(H3,20,21,22,23). The summed E-state index contributed by atoms with van der Waals surface area (Å²) in [4.78, 5) is 20.7. The highest BCUT2D eigenvalue weighted by Crippen LogP contribution is 2.34. The minimum atomic E-state index is -0.974. The van der Waals surface area contributed by atoms with E-state index in [1.54, 1.807) is 0 Å². The molecule has 2 aromatic rings. The Balaban J connectivity index is 1.73. The predicted octanol–water partition coefficient (Wildman–Crippen LogP) is 2.49. The van der Waals surface area contributed by atoms with Gasteiger partial charge in [-0.3, -0.25) is 0 Å². The van der Waals surface area contributed by atoms with E-state index in [0.29, 0.717) is 18.9 Å². The number of halogens is 1. The predicted molar refractivity (Wildman–Crippen MR) is 96.8 cm³/mol. The van der Waals surface area contributed by atoms with Gasteiger partial charge in [-0.05, 0) is 42.9 Å². The lowest BCUT2D eigenvalue weighted by Gasteiger charge is -2.26. The van der Waals surface area contributed by atoms with Crippen LogP contribution in [-0.4, -0.2) is 46.2 Å². The number of likely N-dealkylation sites (N-methyl/N-ethyl adjacent to an activating group) is 1. The number of hydrogen-bond acceptors (Lipinski definition) is 5. The van der Waals surface area contributed by atoms with E-state index >= 15 is 0 Å². The molecule has 26 heavy (non-hydrogen) atoms. The first-order chi connectivity index (χ1) is 12.4. The second-order valence-electron chi connectivity index (χ2n) is 6.48. The van der Waals surface area contributed by atoms with Crippen LogP contribution >= 0.6 is 0 Å². The normalized spacial score (nSPS) is 16.0. The van der Waals surface area contributed by atoms with Crippen molar-refractivity contribution in [3.63, 3.8) is 0 Å². The van der Waals surface area contributed by atoms with Gasteiger partial charge in [0.2, 0.25) is 5.95 Å². The molecule has 1 aliphatic rings. The molecule has 1 aliphatic carbocycles. The zero-order chi connectivity index (χ0) is 18.7. The number of nitrogen functional groups attached to an aromatic ring is 1. The molecule has 0 bridgehead atoms. The van der Waals surface area contributed by atoms with E-state index in [2.05, 4.69) is 15.3 Å². The number of carbonyl (C=O) groups is 1. The Kier molecular flexibility index (Phi) is 5.20. The van der Waals surface area contributed by atoms with E-state index in [4.69, 9.17) is 10.8 Å². The van der Waals surface area contributed by atoms with Gasteiger partial charge in [0.25, 0.3) is 0 Å². The lowest BCUT2D eigenvalue weighted by Crippen LogP contribution is -2.30. The van der Waals surface area contributed by atoms with Crippen LogP contribution in [0.4, 0.5) is 21.0 Å². The molecule has 1 amide bonds. The average molecular weight is 359 g/mol. The summed E-state index contributed by atoms with van der Waals surface area (Å²) < 4.78 is 13.1. The van der Waals surface area contributed by atoms with Gasteiger partial charge in [0.1, 0.15) is 11.6 Å². The fraction of sp³-hybridized carbons (Fsp3) is 0.389. The quantitative estimate of drug-likeness (QED) is 0.758. The van der Waals surface area contributed by atoms with Crippen LogP contribution in [0.5, 0.6) is 0 Å². The molecule has 4 N–H and O–H groups in total. The van der Waals surface area contributed by atoms with Crippen molar-refractivity contribution in [2.45, 2.75) is 25.2 Å². The Bertz CT molecular complexity index is 797. The highest BCUT2D eigenvalue weighted by molar-refractivity contribution is 5.64. The van der Waals surface area contributed by atoms with Crippen LogP contribution in [0.25, 0.3) is 0 Å².